The Bertz CT molecular complexity index is 1030. The summed E-state index contributed by atoms with van der Waals surface area (Å²) in [7, 11) is 0. The first-order chi connectivity index (χ1) is 17.8. The predicted molar refractivity (Wildman–Crippen MR) is 141 cm³/mol. The van der Waals surface area contributed by atoms with Crippen LogP contribution < -0.4 is 4.74 Å². The van der Waals surface area contributed by atoms with Crippen LogP contribution in [0.2, 0.25) is 0 Å². The molecular formula is C32H41F3O2. The molecule has 3 aliphatic rings. The molecule has 0 spiro atoms. The zero-order chi connectivity index (χ0) is 26.0. The Morgan fingerprint density at radius 1 is 0.838 bits per heavy atom. The summed E-state index contributed by atoms with van der Waals surface area (Å²) in [6.07, 6.45) is 6.10. The van der Waals surface area contributed by atoms with Crippen LogP contribution in [0.15, 0.2) is 36.4 Å². The second-order valence-electron chi connectivity index (χ2n) is 11.7. The first-order valence-electron chi connectivity index (χ1n) is 14.4. The molecule has 0 radical (unpaired) electrons. The second-order valence-corrected chi connectivity index (χ2v) is 11.7. The third kappa shape index (κ3) is 6.35. The molecule has 0 aromatic heterocycles. The molecule has 37 heavy (non-hydrogen) atoms. The molecule has 1 atom stereocenters. The van der Waals surface area contributed by atoms with E-state index in [0.717, 1.165) is 69.3 Å². The number of hydrogen-bond acceptors (Lipinski definition) is 2. The third-order valence-electron chi connectivity index (χ3n) is 9.05. The number of alkyl halides is 3. The van der Waals surface area contributed by atoms with Gasteiger partial charge in [-0.05, 0) is 117 Å². The van der Waals surface area contributed by atoms with E-state index in [1.165, 1.54) is 17.2 Å². The van der Waals surface area contributed by atoms with Crippen LogP contribution in [-0.4, -0.2) is 18.8 Å². The fourth-order valence-corrected chi connectivity index (χ4v) is 6.57. The SMILES string of the molecule is CCc1ccc(C2CCC(c3cc4c(c(C(F)(F)F)c3)OC(COC3CCC(C)CC3)CC4)CC2)cc1. The van der Waals surface area contributed by atoms with Gasteiger partial charge in [-0.1, -0.05) is 44.2 Å². The molecule has 0 amide bonds. The van der Waals surface area contributed by atoms with E-state index in [0.29, 0.717) is 30.9 Å². The van der Waals surface area contributed by atoms with Gasteiger partial charge in [-0.25, -0.2) is 0 Å². The van der Waals surface area contributed by atoms with Gasteiger partial charge in [0.05, 0.1) is 18.3 Å². The van der Waals surface area contributed by atoms with Crippen LogP contribution in [0.1, 0.15) is 111 Å². The molecule has 5 heteroatoms. The maximum absolute atomic E-state index is 14.2. The van der Waals surface area contributed by atoms with Gasteiger partial charge in [0.2, 0.25) is 0 Å². The largest absolute Gasteiger partial charge is 0.487 e. The van der Waals surface area contributed by atoms with Crippen molar-refractivity contribution in [1.82, 2.24) is 0 Å². The van der Waals surface area contributed by atoms with Gasteiger partial charge in [-0.15, -0.1) is 0 Å². The normalized spacial score (nSPS) is 28.4. The zero-order valence-electron chi connectivity index (χ0n) is 22.3. The van der Waals surface area contributed by atoms with Crippen molar-refractivity contribution in [3.63, 3.8) is 0 Å². The van der Waals surface area contributed by atoms with Crippen molar-refractivity contribution >= 4 is 0 Å². The van der Waals surface area contributed by atoms with Crippen molar-refractivity contribution in [2.45, 2.75) is 115 Å². The number of halogens is 3. The van der Waals surface area contributed by atoms with Crippen molar-refractivity contribution in [3.05, 3.63) is 64.2 Å². The Labute approximate surface area is 219 Å². The van der Waals surface area contributed by atoms with Gasteiger partial charge in [0, 0.05) is 0 Å². The number of benzene rings is 2. The van der Waals surface area contributed by atoms with Crippen LogP contribution in [0, 0.1) is 5.92 Å². The highest BCUT2D eigenvalue weighted by atomic mass is 19.4. The first-order valence-corrected chi connectivity index (χ1v) is 14.4. The predicted octanol–water partition coefficient (Wildman–Crippen LogP) is 9.00. The molecular weight excluding hydrogens is 473 g/mol. The van der Waals surface area contributed by atoms with Gasteiger partial charge in [-0.3, -0.25) is 0 Å². The molecule has 0 N–H and O–H groups in total. The van der Waals surface area contributed by atoms with Gasteiger partial charge in [-0.2, -0.15) is 13.2 Å². The fourth-order valence-electron chi connectivity index (χ4n) is 6.57. The van der Waals surface area contributed by atoms with Crippen LogP contribution in [0.25, 0.3) is 0 Å². The van der Waals surface area contributed by atoms with Crippen LogP contribution >= 0.6 is 0 Å². The van der Waals surface area contributed by atoms with Crippen molar-refractivity contribution in [2.75, 3.05) is 6.61 Å². The number of aryl methyl sites for hydroxylation is 2. The van der Waals surface area contributed by atoms with Crippen molar-refractivity contribution in [2.24, 2.45) is 5.92 Å². The van der Waals surface area contributed by atoms with E-state index in [2.05, 4.69) is 38.1 Å². The van der Waals surface area contributed by atoms with E-state index in [-0.39, 0.29) is 23.9 Å². The molecule has 202 valence electrons. The molecule has 2 aliphatic carbocycles. The molecule has 2 saturated carbocycles. The lowest BCUT2D eigenvalue weighted by Gasteiger charge is -2.33. The summed E-state index contributed by atoms with van der Waals surface area (Å²) < 4.78 is 54.7. The average molecular weight is 515 g/mol. The van der Waals surface area contributed by atoms with Gasteiger partial charge in [0.15, 0.2) is 0 Å². The van der Waals surface area contributed by atoms with E-state index < -0.39 is 11.7 Å². The van der Waals surface area contributed by atoms with E-state index in [4.69, 9.17) is 9.47 Å². The third-order valence-corrected chi connectivity index (χ3v) is 9.05. The zero-order valence-corrected chi connectivity index (χ0v) is 22.3. The molecule has 2 aromatic carbocycles. The molecule has 1 heterocycles. The average Bonchev–Trinajstić information content (AvgIpc) is 2.91. The minimum atomic E-state index is -4.43. The molecule has 2 aromatic rings. The van der Waals surface area contributed by atoms with Gasteiger partial charge >= 0.3 is 6.18 Å². The quantitative estimate of drug-likeness (QED) is 0.383. The van der Waals surface area contributed by atoms with Crippen LogP contribution in [-0.2, 0) is 23.8 Å². The van der Waals surface area contributed by atoms with E-state index in [9.17, 15) is 13.2 Å². The Kier molecular flexibility index (Phi) is 8.19. The van der Waals surface area contributed by atoms with Crippen molar-refractivity contribution in [1.29, 1.82) is 0 Å². The summed E-state index contributed by atoms with van der Waals surface area (Å²) in [6, 6.07) is 12.3. The Morgan fingerprint density at radius 2 is 1.49 bits per heavy atom. The second kappa shape index (κ2) is 11.4. The van der Waals surface area contributed by atoms with E-state index in [1.807, 2.05) is 6.07 Å². The molecule has 0 bridgehead atoms. The summed E-state index contributed by atoms with van der Waals surface area (Å²) >= 11 is 0. The summed E-state index contributed by atoms with van der Waals surface area (Å²) in [5.74, 6) is 1.45. The lowest BCUT2D eigenvalue weighted by atomic mass is 9.75. The van der Waals surface area contributed by atoms with Crippen LogP contribution in [0.4, 0.5) is 13.2 Å². The summed E-state index contributed by atoms with van der Waals surface area (Å²) in [6.45, 7) is 4.80. The van der Waals surface area contributed by atoms with E-state index >= 15 is 0 Å². The minimum absolute atomic E-state index is 0.0399. The molecule has 0 saturated heterocycles. The minimum Gasteiger partial charge on any atom is -0.487 e. The lowest BCUT2D eigenvalue weighted by molar-refractivity contribution is -0.140. The van der Waals surface area contributed by atoms with Gasteiger partial charge in [0.1, 0.15) is 11.9 Å². The lowest BCUT2D eigenvalue weighted by Crippen LogP contribution is -2.32. The first kappa shape index (κ1) is 26.6. The molecule has 2 nitrogen and oxygen atoms in total. The standard InChI is InChI=1S/C32H41F3O2/c1-3-22-6-8-23(9-7-22)24-10-12-25(13-11-24)27-18-26-14-17-29(20-36-28-15-4-21(2)5-16-28)37-31(26)30(19-27)32(33,34)35/h6-9,18-19,21,24-25,28-29H,3-5,10-17,20H2,1-2H3. The maximum Gasteiger partial charge on any atom is 0.419 e. The van der Waals surface area contributed by atoms with Crippen LogP contribution in [0.5, 0.6) is 5.75 Å². The Morgan fingerprint density at radius 3 is 2.11 bits per heavy atom. The Hall–Kier alpha value is -2.01. The smallest absolute Gasteiger partial charge is 0.419 e. The highest BCUT2D eigenvalue weighted by Crippen LogP contribution is 2.46. The number of fused-ring (bicyclic) bond motifs is 1. The highest BCUT2D eigenvalue weighted by Gasteiger charge is 2.39. The van der Waals surface area contributed by atoms with Gasteiger partial charge < -0.3 is 9.47 Å². The summed E-state index contributed by atoms with van der Waals surface area (Å²) in [5, 5.41) is 0. The molecule has 5 rings (SSSR count). The topological polar surface area (TPSA) is 18.5 Å². The highest BCUT2D eigenvalue weighted by molar-refractivity contribution is 5.48. The summed E-state index contributed by atoms with van der Waals surface area (Å²) in [4.78, 5) is 0. The number of rotatable bonds is 6. The van der Waals surface area contributed by atoms with Crippen molar-refractivity contribution in [3.8, 4) is 5.75 Å². The van der Waals surface area contributed by atoms with Crippen LogP contribution in [0.3, 0.4) is 0 Å². The molecule has 1 unspecified atom stereocenters. The van der Waals surface area contributed by atoms with Gasteiger partial charge in [0.25, 0.3) is 0 Å². The number of hydrogen-bond donors (Lipinski definition) is 0. The van der Waals surface area contributed by atoms with E-state index in [1.54, 1.807) is 0 Å². The molecule has 1 aliphatic heterocycles. The fraction of sp³-hybridized carbons (Fsp3) is 0.625. The Balaban J connectivity index is 1.25. The molecule has 2 fully saturated rings. The monoisotopic (exact) mass is 514 g/mol. The maximum atomic E-state index is 14.2. The summed E-state index contributed by atoms with van der Waals surface area (Å²) in [5.41, 5.74) is 3.64. The van der Waals surface area contributed by atoms with Crippen molar-refractivity contribution < 1.29 is 22.6 Å². The number of ether oxygens (including phenoxy) is 2.